The van der Waals surface area contributed by atoms with Crippen LogP contribution in [0.25, 0.3) is 0 Å². The van der Waals surface area contributed by atoms with Crippen LogP contribution in [0.2, 0.25) is 5.02 Å². The molecule has 2 aromatic carbocycles. The van der Waals surface area contributed by atoms with Crippen molar-refractivity contribution in [1.29, 1.82) is 0 Å². The molecule has 0 aromatic heterocycles. The number of anilines is 1. The minimum atomic E-state index is 0.0371. The molecule has 0 fully saturated rings. The van der Waals surface area contributed by atoms with Crippen LogP contribution in [0.4, 0.5) is 5.69 Å². The Balaban J connectivity index is 2.04. The summed E-state index contributed by atoms with van der Waals surface area (Å²) < 4.78 is 0. The SMILES string of the molecule is OCc1ccc(NCc2cccc(Cl)c2O)cc1. The van der Waals surface area contributed by atoms with Crippen LogP contribution < -0.4 is 5.32 Å². The summed E-state index contributed by atoms with van der Waals surface area (Å²) in [5.74, 6) is 0.110. The van der Waals surface area contributed by atoms with Crippen LogP contribution in [0.3, 0.4) is 0 Å². The molecule has 0 atom stereocenters. The maximum Gasteiger partial charge on any atom is 0.139 e. The summed E-state index contributed by atoms with van der Waals surface area (Å²) in [4.78, 5) is 0. The van der Waals surface area contributed by atoms with E-state index >= 15 is 0 Å². The lowest BCUT2D eigenvalue weighted by atomic mass is 10.2. The topological polar surface area (TPSA) is 52.5 Å². The molecule has 0 radical (unpaired) electrons. The number of halogens is 1. The van der Waals surface area contributed by atoms with Gasteiger partial charge in [0.15, 0.2) is 0 Å². The fourth-order valence-electron chi connectivity index (χ4n) is 1.63. The van der Waals surface area contributed by atoms with Crippen molar-refractivity contribution in [2.24, 2.45) is 0 Å². The normalized spacial score (nSPS) is 10.3. The van der Waals surface area contributed by atoms with Gasteiger partial charge in [-0.25, -0.2) is 0 Å². The predicted octanol–water partition coefficient (Wildman–Crippen LogP) is 3.15. The third-order valence-electron chi connectivity index (χ3n) is 2.69. The predicted molar refractivity (Wildman–Crippen MR) is 72.8 cm³/mol. The molecule has 4 heteroatoms. The Labute approximate surface area is 111 Å². The van der Waals surface area contributed by atoms with Gasteiger partial charge in [0, 0.05) is 17.8 Å². The summed E-state index contributed by atoms with van der Waals surface area (Å²) in [5.41, 5.74) is 2.53. The van der Waals surface area contributed by atoms with Crippen molar-refractivity contribution in [1.82, 2.24) is 0 Å². The van der Waals surface area contributed by atoms with Crippen molar-refractivity contribution in [2.75, 3.05) is 5.32 Å². The molecule has 0 saturated heterocycles. The number of phenolic OH excluding ortho intramolecular Hbond substituents is 1. The molecule has 0 aliphatic carbocycles. The van der Waals surface area contributed by atoms with E-state index in [1.807, 2.05) is 30.3 Å². The molecule has 94 valence electrons. The highest BCUT2D eigenvalue weighted by Gasteiger charge is 2.04. The Bertz CT molecular complexity index is 526. The van der Waals surface area contributed by atoms with Gasteiger partial charge in [-0.05, 0) is 23.8 Å². The van der Waals surface area contributed by atoms with Crippen LogP contribution >= 0.6 is 11.6 Å². The van der Waals surface area contributed by atoms with Gasteiger partial charge in [-0.15, -0.1) is 0 Å². The van der Waals surface area contributed by atoms with E-state index in [0.717, 1.165) is 16.8 Å². The molecule has 0 bridgehead atoms. The van der Waals surface area contributed by atoms with Crippen molar-refractivity contribution in [3.63, 3.8) is 0 Å². The third kappa shape index (κ3) is 2.94. The zero-order valence-corrected chi connectivity index (χ0v) is 10.5. The van der Waals surface area contributed by atoms with Crippen molar-refractivity contribution >= 4 is 17.3 Å². The molecular formula is C14H14ClNO2. The van der Waals surface area contributed by atoms with Crippen molar-refractivity contribution in [3.05, 3.63) is 58.6 Å². The van der Waals surface area contributed by atoms with Gasteiger partial charge in [-0.1, -0.05) is 35.9 Å². The zero-order chi connectivity index (χ0) is 13.0. The molecule has 0 spiro atoms. The molecule has 0 aliphatic rings. The smallest absolute Gasteiger partial charge is 0.139 e. The fourth-order valence-corrected chi connectivity index (χ4v) is 1.82. The van der Waals surface area contributed by atoms with Crippen LogP contribution in [-0.4, -0.2) is 10.2 Å². The van der Waals surface area contributed by atoms with E-state index in [-0.39, 0.29) is 12.4 Å². The van der Waals surface area contributed by atoms with Gasteiger partial charge in [0.1, 0.15) is 5.75 Å². The standard InChI is InChI=1S/C14H14ClNO2/c15-13-3-1-2-11(14(13)18)8-16-12-6-4-10(9-17)5-7-12/h1-7,16-18H,8-9H2. The molecule has 2 aromatic rings. The monoisotopic (exact) mass is 263 g/mol. The minimum absolute atomic E-state index is 0.0371. The Morgan fingerprint density at radius 2 is 1.78 bits per heavy atom. The molecule has 3 nitrogen and oxygen atoms in total. The first-order valence-electron chi connectivity index (χ1n) is 5.60. The number of phenols is 1. The van der Waals surface area contributed by atoms with E-state index in [9.17, 15) is 5.11 Å². The van der Waals surface area contributed by atoms with E-state index in [1.165, 1.54) is 0 Å². The van der Waals surface area contributed by atoms with Gasteiger partial charge in [0.2, 0.25) is 0 Å². The van der Waals surface area contributed by atoms with E-state index in [0.29, 0.717) is 11.6 Å². The van der Waals surface area contributed by atoms with Crippen LogP contribution in [0.1, 0.15) is 11.1 Å². The van der Waals surface area contributed by atoms with E-state index < -0.39 is 0 Å². The zero-order valence-electron chi connectivity index (χ0n) is 9.73. The van der Waals surface area contributed by atoms with Crippen molar-refractivity contribution in [2.45, 2.75) is 13.2 Å². The Morgan fingerprint density at radius 3 is 2.44 bits per heavy atom. The second kappa shape index (κ2) is 5.76. The fraction of sp³-hybridized carbons (Fsp3) is 0.143. The highest BCUT2D eigenvalue weighted by Crippen LogP contribution is 2.27. The molecule has 3 N–H and O–H groups in total. The van der Waals surface area contributed by atoms with Crippen LogP contribution in [0.15, 0.2) is 42.5 Å². The van der Waals surface area contributed by atoms with E-state index in [4.69, 9.17) is 16.7 Å². The maximum absolute atomic E-state index is 9.75. The Kier molecular flexibility index (Phi) is 4.07. The number of para-hydroxylation sites is 1. The molecule has 0 unspecified atom stereocenters. The number of hydrogen-bond acceptors (Lipinski definition) is 3. The largest absolute Gasteiger partial charge is 0.506 e. The maximum atomic E-state index is 9.75. The first kappa shape index (κ1) is 12.7. The molecule has 0 aliphatic heterocycles. The quantitative estimate of drug-likeness (QED) is 0.794. The second-order valence-electron chi connectivity index (χ2n) is 3.96. The number of rotatable bonds is 4. The van der Waals surface area contributed by atoms with Crippen LogP contribution in [0, 0.1) is 0 Å². The van der Waals surface area contributed by atoms with Crippen molar-refractivity contribution < 1.29 is 10.2 Å². The summed E-state index contributed by atoms with van der Waals surface area (Å²) in [6, 6.07) is 12.7. The van der Waals surface area contributed by atoms with Gasteiger partial charge in [-0.3, -0.25) is 0 Å². The Hall–Kier alpha value is -1.71. The highest BCUT2D eigenvalue weighted by atomic mass is 35.5. The van der Waals surface area contributed by atoms with Crippen LogP contribution in [0.5, 0.6) is 5.75 Å². The third-order valence-corrected chi connectivity index (χ3v) is 2.99. The first-order chi connectivity index (χ1) is 8.70. The number of aromatic hydroxyl groups is 1. The van der Waals surface area contributed by atoms with E-state index in [1.54, 1.807) is 12.1 Å². The lowest BCUT2D eigenvalue weighted by molar-refractivity contribution is 0.282. The molecule has 18 heavy (non-hydrogen) atoms. The van der Waals surface area contributed by atoms with Gasteiger partial charge >= 0.3 is 0 Å². The number of aliphatic hydroxyl groups is 1. The second-order valence-corrected chi connectivity index (χ2v) is 4.36. The Morgan fingerprint density at radius 1 is 1.06 bits per heavy atom. The van der Waals surface area contributed by atoms with E-state index in [2.05, 4.69) is 5.32 Å². The number of aliphatic hydroxyl groups excluding tert-OH is 1. The van der Waals surface area contributed by atoms with Crippen LogP contribution in [-0.2, 0) is 13.2 Å². The van der Waals surface area contributed by atoms with Gasteiger partial charge in [0.25, 0.3) is 0 Å². The summed E-state index contributed by atoms with van der Waals surface area (Å²) in [6.07, 6.45) is 0. The molecule has 0 saturated carbocycles. The lowest BCUT2D eigenvalue weighted by Crippen LogP contribution is -1.99. The van der Waals surface area contributed by atoms with Crippen molar-refractivity contribution in [3.8, 4) is 5.75 Å². The van der Waals surface area contributed by atoms with Gasteiger partial charge in [-0.2, -0.15) is 0 Å². The van der Waals surface area contributed by atoms with Gasteiger partial charge in [0.05, 0.1) is 11.6 Å². The molecule has 0 amide bonds. The first-order valence-corrected chi connectivity index (χ1v) is 5.98. The summed E-state index contributed by atoms with van der Waals surface area (Å²) in [5, 5.41) is 22.2. The average molecular weight is 264 g/mol. The molecular weight excluding hydrogens is 250 g/mol. The molecule has 0 heterocycles. The summed E-state index contributed by atoms with van der Waals surface area (Å²) in [7, 11) is 0. The molecule has 2 rings (SSSR count). The number of benzene rings is 2. The number of nitrogens with one attached hydrogen (secondary N) is 1. The summed E-state index contributed by atoms with van der Waals surface area (Å²) >= 11 is 5.83. The highest BCUT2D eigenvalue weighted by molar-refractivity contribution is 6.32. The van der Waals surface area contributed by atoms with Gasteiger partial charge < -0.3 is 15.5 Å². The minimum Gasteiger partial charge on any atom is -0.506 e. The summed E-state index contributed by atoms with van der Waals surface area (Å²) in [6.45, 7) is 0.528. The lowest BCUT2D eigenvalue weighted by Gasteiger charge is -2.09. The average Bonchev–Trinajstić information content (AvgIpc) is 2.41. The number of hydrogen-bond donors (Lipinski definition) is 3.